The van der Waals surface area contributed by atoms with E-state index in [4.69, 9.17) is 14.2 Å². The van der Waals surface area contributed by atoms with E-state index < -0.39 is 5.79 Å². The molecule has 0 unspecified atom stereocenters. The molecule has 1 heterocycles. The number of carbonyl (C=O) groups is 1. The van der Waals surface area contributed by atoms with E-state index in [0.717, 1.165) is 12.8 Å². The highest BCUT2D eigenvalue weighted by Crippen LogP contribution is 2.30. The minimum absolute atomic E-state index is 0.0918. The molecule has 0 bridgehead atoms. The molecular weight excluding hydrogens is 186 g/mol. The molecule has 0 saturated carbocycles. The van der Waals surface area contributed by atoms with Gasteiger partial charge in [-0.2, -0.15) is 0 Å². The van der Waals surface area contributed by atoms with Crippen molar-refractivity contribution in [2.75, 3.05) is 20.8 Å². The van der Waals surface area contributed by atoms with Crippen LogP contribution in [-0.2, 0) is 19.0 Å². The van der Waals surface area contributed by atoms with Gasteiger partial charge in [0.25, 0.3) is 0 Å². The van der Waals surface area contributed by atoms with Crippen LogP contribution in [0, 0.1) is 0 Å². The Morgan fingerprint density at radius 3 is 2.79 bits per heavy atom. The van der Waals surface area contributed by atoms with Crippen molar-refractivity contribution in [2.45, 2.75) is 31.8 Å². The van der Waals surface area contributed by atoms with Crippen LogP contribution in [0.5, 0.6) is 0 Å². The highest BCUT2D eigenvalue weighted by Gasteiger charge is 2.40. The average molecular weight is 203 g/mol. The molecule has 14 heavy (non-hydrogen) atoms. The SMILES string of the molecule is CO[C@H]1CC[C@](CNC(C)=O)(OC)O1. The van der Waals surface area contributed by atoms with Crippen LogP contribution in [0.15, 0.2) is 0 Å². The summed E-state index contributed by atoms with van der Waals surface area (Å²) in [5.41, 5.74) is 0. The first kappa shape index (κ1) is 11.4. The Morgan fingerprint density at radius 2 is 2.36 bits per heavy atom. The van der Waals surface area contributed by atoms with Gasteiger partial charge in [0.2, 0.25) is 5.91 Å². The van der Waals surface area contributed by atoms with Crippen LogP contribution in [0.4, 0.5) is 0 Å². The third-order valence-corrected chi connectivity index (χ3v) is 2.35. The van der Waals surface area contributed by atoms with Crippen LogP contribution >= 0.6 is 0 Å². The van der Waals surface area contributed by atoms with Gasteiger partial charge in [0.15, 0.2) is 12.1 Å². The Bertz CT molecular complexity index is 209. The number of ether oxygens (including phenoxy) is 3. The zero-order valence-electron chi connectivity index (χ0n) is 8.83. The van der Waals surface area contributed by atoms with Crippen LogP contribution in [-0.4, -0.2) is 38.7 Å². The van der Waals surface area contributed by atoms with Gasteiger partial charge in [-0.15, -0.1) is 0 Å². The van der Waals surface area contributed by atoms with Crippen molar-refractivity contribution in [3.05, 3.63) is 0 Å². The van der Waals surface area contributed by atoms with E-state index in [2.05, 4.69) is 5.32 Å². The molecule has 1 N–H and O–H groups in total. The van der Waals surface area contributed by atoms with Gasteiger partial charge in [-0.1, -0.05) is 0 Å². The van der Waals surface area contributed by atoms with Gasteiger partial charge in [-0.3, -0.25) is 4.79 Å². The van der Waals surface area contributed by atoms with Gasteiger partial charge >= 0.3 is 0 Å². The molecule has 0 aliphatic carbocycles. The molecular formula is C9H17NO4. The highest BCUT2D eigenvalue weighted by molar-refractivity contribution is 5.72. The normalized spacial score (nSPS) is 31.8. The van der Waals surface area contributed by atoms with Crippen molar-refractivity contribution in [3.8, 4) is 0 Å². The molecule has 1 amide bonds. The minimum Gasteiger partial charge on any atom is -0.356 e. The van der Waals surface area contributed by atoms with E-state index in [1.165, 1.54) is 6.92 Å². The summed E-state index contributed by atoms with van der Waals surface area (Å²) in [7, 11) is 3.16. The number of amides is 1. The lowest BCUT2D eigenvalue weighted by atomic mass is 10.2. The maximum absolute atomic E-state index is 10.8. The Morgan fingerprint density at radius 1 is 1.64 bits per heavy atom. The number of hydrogen-bond donors (Lipinski definition) is 1. The van der Waals surface area contributed by atoms with Crippen molar-refractivity contribution < 1.29 is 19.0 Å². The number of methoxy groups -OCH3 is 2. The fourth-order valence-corrected chi connectivity index (χ4v) is 1.47. The van der Waals surface area contributed by atoms with Crippen LogP contribution in [0.25, 0.3) is 0 Å². The smallest absolute Gasteiger partial charge is 0.217 e. The minimum atomic E-state index is -0.716. The van der Waals surface area contributed by atoms with Crippen molar-refractivity contribution in [1.29, 1.82) is 0 Å². The average Bonchev–Trinajstić information content (AvgIpc) is 2.59. The molecule has 1 aliphatic heterocycles. The van der Waals surface area contributed by atoms with Crippen LogP contribution in [0.2, 0.25) is 0 Å². The van der Waals surface area contributed by atoms with E-state index in [0.29, 0.717) is 6.54 Å². The summed E-state index contributed by atoms with van der Waals surface area (Å²) in [5, 5.41) is 2.68. The molecule has 1 rings (SSSR count). The van der Waals surface area contributed by atoms with Gasteiger partial charge in [0.05, 0.1) is 6.54 Å². The van der Waals surface area contributed by atoms with E-state index in [1.54, 1.807) is 14.2 Å². The first-order chi connectivity index (χ1) is 6.62. The standard InChI is InChI=1S/C9H17NO4/c1-7(11)10-6-9(13-3)5-4-8(12-2)14-9/h8H,4-6H2,1-3H3,(H,10,11)/t8-,9+/m1/s1. The lowest BCUT2D eigenvalue weighted by Gasteiger charge is -2.27. The molecule has 0 spiro atoms. The number of hydrogen-bond acceptors (Lipinski definition) is 4. The largest absolute Gasteiger partial charge is 0.356 e. The molecule has 82 valence electrons. The Labute approximate surface area is 83.7 Å². The Balaban J connectivity index is 2.47. The third-order valence-electron chi connectivity index (χ3n) is 2.35. The zero-order chi connectivity index (χ0) is 10.6. The summed E-state index contributed by atoms with van der Waals surface area (Å²) in [6.45, 7) is 1.82. The molecule has 0 aromatic carbocycles. The van der Waals surface area contributed by atoms with Crippen LogP contribution in [0.3, 0.4) is 0 Å². The Hall–Kier alpha value is -0.650. The molecule has 5 heteroatoms. The van der Waals surface area contributed by atoms with E-state index in [9.17, 15) is 4.79 Å². The second-order valence-electron chi connectivity index (χ2n) is 3.35. The number of carbonyl (C=O) groups excluding carboxylic acids is 1. The predicted molar refractivity (Wildman–Crippen MR) is 49.5 cm³/mol. The van der Waals surface area contributed by atoms with Crippen LogP contribution < -0.4 is 5.32 Å². The molecule has 0 radical (unpaired) electrons. The van der Waals surface area contributed by atoms with E-state index in [1.807, 2.05) is 0 Å². The number of rotatable bonds is 4. The summed E-state index contributed by atoms with van der Waals surface area (Å²) < 4.78 is 15.9. The van der Waals surface area contributed by atoms with Gasteiger partial charge in [-0.25, -0.2) is 0 Å². The number of nitrogens with one attached hydrogen (secondary N) is 1. The summed E-state index contributed by atoms with van der Waals surface area (Å²) >= 11 is 0. The lowest BCUT2D eigenvalue weighted by Crippen LogP contribution is -2.44. The first-order valence-corrected chi connectivity index (χ1v) is 4.62. The van der Waals surface area contributed by atoms with Crippen LogP contribution in [0.1, 0.15) is 19.8 Å². The topological polar surface area (TPSA) is 56.8 Å². The third kappa shape index (κ3) is 2.67. The molecule has 0 aromatic rings. The molecule has 1 aliphatic rings. The Kier molecular flexibility index (Phi) is 3.86. The quantitative estimate of drug-likeness (QED) is 0.711. The monoisotopic (exact) mass is 203 g/mol. The lowest BCUT2D eigenvalue weighted by molar-refractivity contribution is -0.252. The van der Waals surface area contributed by atoms with Gasteiger partial charge in [-0.05, 0) is 0 Å². The van der Waals surface area contributed by atoms with Crippen molar-refractivity contribution >= 4 is 5.91 Å². The predicted octanol–water partition coefficient (Wildman–Crippen LogP) is 0.248. The molecule has 2 atom stereocenters. The summed E-state index contributed by atoms with van der Waals surface area (Å²) in [4.78, 5) is 10.8. The second-order valence-corrected chi connectivity index (χ2v) is 3.35. The maximum atomic E-state index is 10.8. The van der Waals surface area contributed by atoms with Gasteiger partial charge in [0, 0.05) is 34.0 Å². The van der Waals surface area contributed by atoms with E-state index >= 15 is 0 Å². The zero-order valence-corrected chi connectivity index (χ0v) is 8.83. The summed E-state index contributed by atoms with van der Waals surface area (Å²) in [6, 6.07) is 0. The fraction of sp³-hybridized carbons (Fsp3) is 0.889. The molecule has 0 aromatic heterocycles. The van der Waals surface area contributed by atoms with Crippen molar-refractivity contribution in [1.82, 2.24) is 5.32 Å². The molecule has 1 fully saturated rings. The summed E-state index contributed by atoms with van der Waals surface area (Å²) in [5.74, 6) is -0.808. The molecule has 1 saturated heterocycles. The molecule has 5 nitrogen and oxygen atoms in total. The van der Waals surface area contributed by atoms with Gasteiger partial charge in [0.1, 0.15) is 0 Å². The van der Waals surface area contributed by atoms with Crippen molar-refractivity contribution in [2.24, 2.45) is 0 Å². The highest BCUT2D eigenvalue weighted by atomic mass is 16.8. The maximum Gasteiger partial charge on any atom is 0.217 e. The van der Waals surface area contributed by atoms with Gasteiger partial charge < -0.3 is 19.5 Å². The van der Waals surface area contributed by atoms with E-state index in [-0.39, 0.29) is 12.2 Å². The first-order valence-electron chi connectivity index (χ1n) is 4.62. The fourth-order valence-electron chi connectivity index (χ4n) is 1.47. The summed E-state index contributed by atoms with van der Waals surface area (Å²) in [6.07, 6.45) is 1.27. The second kappa shape index (κ2) is 4.72. The van der Waals surface area contributed by atoms with Crippen molar-refractivity contribution in [3.63, 3.8) is 0 Å².